The number of hydrogen-bond donors (Lipinski definition) is 3. The zero-order valence-electron chi connectivity index (χ0n) is 15.4. The molecule has 8 heteroatoms. The van der Waals surface area contributed by atoms with E-state index in [0.29, 0.717) is 31.6 Å². The van der Waals surface area contributed by atoms with Crippen molar-refractivity contribution in [3.8, 4) is 0 Å². The first kappa shape index (κ1) is 18.9. The number of aromatic nitrogens is 3. The molecule has 144 valence electrons. The largest absolute Gasteiger partial charge is 0.350 e. The van der Waals surface area contributed by atoms with E-state index in [0.717, 1.165) is 31.0 Å². The number of hydrogen-bond acceptors (Lipinski definition) is 4. The Morgan fingerprint density at radius 1 is 0.926 bits per heavy atom. The number of urea groups is 1. The molecule has 0 fully saturated rings. The lowest BCUT2D eigenvalue weighted by Crippen LogP contribution is -2.41. The lowest BCUT2D eigenvalue weighted by molar-refractivity contribution is 0.0954. The smallest absolute Gasteiger partial charge is 0.314 e. The fourth-order valence-electron chi connectivity index (χ4n) is 3.12. The van der Waals surface area contributed by atoms with Crippen molar-refractivity contribution in [3.05, 3.63) is 47.5 Å². The Labute approximate surface area is 158 Å². The molecule has 0 atom stereocenters. The first-order valence-corrected chi connectivity index (χ1v) is 9.50. The fourth-order valence-corrected chi connectivity index (χ4v) is 3.12. The van der Waals surface area contributed by atoms with Gasteiger partial charge >= 0.3 is 6.03 Å². The highest BCUT2D eigenvalue weighted by Gasteiger charge is 2.14. The van der Waals surface area contributed by atoms with Crippen LogP contribution in [0.1, 0.15) is 41.3 Å². The molecule has 0 spiro atoms. The van der Waals surface area contributed by atoms with Crippen LogP contribution in [-0.2, 0) is 19.4 Å². The van der Waals surface area contributed by atoms with E-state index in [1.54, 1.807) is 12.1 Å². The summed E-state index contributed by atoms with van der Waals surface area (Å²) in [7, 11) is 0. The van der Waals surface area contributed by atoms with Gasteiger partial charge in [0, 0.05) is 44.6 Å². The van der Waals surface area contributed by atoms with Crippen LogP contribution in [0.15, 0.2) is 30.3 Å². The summed E-state index contributed by atoms with van der Waals surface area (Å²) < 4.78 is 2.19. The zero-order valence-corrected chi connectivity index (χ0v) is 15.4. The Kier molecular flexibility index (Phi) is 6.78. The Morgan fingerprint density at radius 3 is 2.56 bits per heavy atom. The summed E-state index contributed by atoms with van der Waals surface area (Å²) in [5.74, 6) is 1.84. The Hall–Kier alpha value is -2.90. The van der Waals surface area contributed by atoms with Crippen molar-refractivity contribution in [1.29, 1.82) is 0 Å². The van der Waals surface area contributed by atoms with E-state index < -0.39 is 0 Å². The topological polar surface area (TPSA) is 101 Å². The van der Waals surface area contributed by atoms with Crippen LogP contribution in [0.2, 0.25) is 0 Å². The zero-order chi connectivity index (χ0) is 18.9. The van der Waals surface area contributed by atoms with Crippen molar-refractivity contribution in [2.45, 2.75) is 38.6 Å². The molecule has 8 nitrogen and oxygen atoms in total. The number of benzene rings is 1. The van der Waals surface area contributed by atoms with Gasteiger partial charge in [0.1, 0.15) is 11.6 Å². The lowest BCUT2D eigenvalue weighted by Gasteiger charge is -2.09. The predicted molar refractivity (Wildman–Crippen MR) is 101 cm³/mol. The minimum atomic E-state index is -0.250. The number of rotatable bonds is 7. The molecular weight excluding hydrogens is 344 g/mol. The number of fused-ring (bicyclic) bond motifs is 1. The Morgan fingerprint density at radius 2 is 1.70 bits per heavy atom. The van der Waals surface area contributed by atoms with Gasteiger partial charge < -0.3 is 20.5 Å². The van der Waals surface area contributed by atoms with Crippen LogP contribution < -0.4 is 16.0 Å². The van der Waals surface area contributed by atoms with Crippen molar-refractivity contribution in [1.82, 2.24) is 30.7 Å². The Balaban J connectivity index is 1.31. The number of nitrogens with zero attached hydrogens (tertiary/aromatic N) is 3. The SMILES string of the molecule is O=C(NCCNC(=O)c1ccccc1)NCCc1nnc2n1CCCCC2. The minimum absolute atomic E-state index is 0.148. The first-order valence-electron chi connectivity index (χ1n) is 9.50. The van der Waals surface area contributed by atoms with Gasteiger partial charge in [-0.05, 0) is 25.0 Å². The highest BCUT2D eigenvalue weighted by Crippen LogP contribution is 2.14. The number of carbonyl (C=O) groups is 2. The first-order chi connectivity index (χ1) is 13.2. The highest BCUT2D eigenvalue weighted by atomic mass is 16.2. The van der Waals surface area contributed by atoms with Gasteiger partial charge in [-0.3, -0.25) is 4.79 Å². The van der Waals surface area contributed by atoms with Crippen LogP contribution in [0, 0.1) is 0 Å². The monoisotopic (exact) mass is 370 g/mol. The van der Waals surface area contributed by atoms with E-state index in [9.17, 15) is 9.59 Å². The van der Waals surface area contributed by atoms with Gasteiger partial charge in [-0.2, -0.15) is 0 Å². The van der Waals surface area contributed by atoms with Crippen LogP contribution in [-0.4, -0.2) is 46.3 Å². The predicted octanol–water partition coefficient (Wildman–Crippen LogP) is 1.28. The van der Waals surface area contributed by atoms with E-state index in [2.05, 4.69) is 30.7 Å². The van der Waals surface area contributed by atoms with Gasteiger partial charge in [0.15, 0.2) is 0 Å². The molecular formula is C19H26N6O2. The molecule has 1 aromatic heterocycles. The van der Waals surface area contributed by atoms with Crippen LogP contribution in [0.3, 0.4) is 0 Å². The number of nitrogens with one attached hydrogen (secondary N) is 3. The number of carbonyl (C=O) groups excluding carboxylic acids is 2. The van der Waals surface area contributed by atoms with E-state index in [4.69, 9.17) is 0 Å². The van der Waals surface area contributed by atoms with Crippen LogP contribution in [0.25, 0.3) is 0 Å². The van der Waals surface area contributed by atoms with E-state index in [-0.39, 0.29) is 11.9 Å². The van der Waals surface area contributed by atoms with Crippen molar-refractivity contribution in [2.24, 2.45) is 0 Å². The second-order valence-electron chi connectivity index (χ2n) is 6.55. The van der Waals surface area contributed by atoms with E-state index in [1.165, 1.54) is 12.8 Å². The van der Waals surface area contributed by atoms with Crippen molar-refractivity contribution < 1.29 is 9.59 Å². The molecule has 1 aliphatic heterocycles. The fraction of sp³-hybridized carbons (Fsp3) is 0.474. The second kappa shape index (κ2) is 9.70. The number of amides is 3. The molecule has 3 rings (SSSR count). The normalized spacial score (nSPS) is 13.3. The average molecular weight is 370 g/mol. The summed E-state index contributed by atoms with van der Waals surface area (Å²) in [6, 6.07) is 8.74. The van der Waals surface area contributed by atoms with Crippen molar-refractivity contribution in [2.75, 3.05) is 19.6 Å². The maximum Gasteiger partial charge on any atom is 0.314 e. The molecule has 3 N–H and O–H groups in total. The molecule has 0 aliphatic carbocycles. The van der Waals surface area contributed by atoms with Crippen molar-refractivity contribution >= 4 is 11.9 Å². The molecule has 1 aliphatic rings. The summed E-state index contributed by atoms with van der Waals surface area (Å²) in [6.45, 7) is 2.20. The van der Waals surface area contributed by atoms with Crippen LogP contribution in [0.4, 0.5) is 4.79 Å². The van der Waals surface area contributed by atoms with Gasteiger partial charge in [-0.1, -0.05) is 24.6 Å². The quantitative estimate of drug-likeness (QED) is 0.639. The van der Waals surface area contributed by atoms with Crippen molar-refractivity contribution in [3.63, 3.8) is 0 Å². The standard InChI is InChI=1S/C19H26N6O2/c26-18(15-7-3-1-4-8-15)20-12-13-22-19(27)21-11-10-17-24-23-16-9-5-2-6-14-25(16)17/h1,3-4,7-8H,2,5-6,9-14H2,(H,20,26)(H2,21,22,27). The third-order valence-electron chi connectivity index (χ3n) is 4.55. The average Bonchev–Trinajstić information content (AvgIpc) is 2.92. The summed E-state index contributed by atoms with van der Waals surface area (Å²) >= 11 is 0. The molecule has 3 amide bonds. The van der Waals surface area contributed by atoms with E-state index >= 15 is 0 Å². The Bertz CT molecular complexity index is 759. The summed E-state index contributed by atoms with van der Waals surface area (Å²) in [5, 5.41) is 16.8. The molecule has 0 saturated heterocycles. The highest BCUT2D eigenvalue weighted by molar-refractivity contribution is 5.94. The maximum absolute atomic E-state index is 11.9. The molecule has 27 heavy (non-hydrogen) atoms. The molecule has 0 unspecified atom stereocenters. The molecule has 2 aromatic rings. The van der Waals surface area contributed by atoms with Gasteiger partial charge in [0.25, 0.3) is 5.91 Å². The second-order valence-corrected chi connectivity index (χ2v) is 6.55. The molecule has 0 radical (unpaired) electrons. The third kappa shape index (κ3) is 5.54. The molecule has 0 bridgehead atoms. The molecule has 1 aromatic carbocycles. The molecule has 2 heterocycles. The minimum Gasteiger partial charge on any atom is -0.350 e. The van der Waals surface area contributed by atoms with Crippen LogP contribution >= 0.6 is 0 Å². The maximum atomic E-state index is 11.9. The number of aryl methyl sites for hydroxylation is 1. The van der Waals surface area contributed by atoms with Gasteiger partial charge in [-0.15, -0.1) is 10.2 Å². The van der Waals surface area contributed by atoms with E-state index in [1.807, 2.05) is 18.2 Å². The third-order valence-corrected chi connectivity index (χ3v) is 4.55. The van der Waals surface area contributed by atoms with Gasteiger partial charge in [0.05, 0.1) is 0 Å². The van der Waals surface area contributed by atoms with Crippen LogP contribution in [0.5, 0.6) is 0 Å². The van der Waals surface area contributed by atoms with Gasteiger partial charge in [-0.25, -0.2) is 4.79 Å². The summed E-state index contributed by atoms with van der Waals surface area (Å²) in [5.41, 5.74) is 0.606. The summed E-state index contributed by atoms with van der Waals surface area (Å²) in [6.07, 6.45) is 5.19. The summed E-state index contributed by atoms with van der Waals surface area (Å²) in [4.78, 5) is 23.7. The van der Waals surface area contributed by atoms with Gasteiger partial charge in [0.2, 0.25) is 0 Å². The lowest BCUT2D eigenvalue weighted by atomic mass is 10.2. The molecule has 0 saturated carbocycles.